The summed E-state index contributed by atoms with van der Waals surface area (Å²) in [4.78, 5) is 11.0. The summed E-state index contributed by atoms with van der Waals surface area (Å²) in [5, 5.41) is 0. The summed E-state index contributed by atoms with van der Waals surface area (Å²) in [7, 11) is 1.44. The second kappa shape index (κ2) is 2.45. The van der Waals surface area contributed by atoms with Crippen LogP contribution in [0.4, 0.5) is 0 Å². The summed E-state index contributed by atoms with van der Waals surface area (Å²) in [5.41, 5.74) is -0.233. The van der Waals surface area contributed by atoms with Crippen LogP contribution in [-0.2, 0) is 9.53 Å². The van der Waals surface area contributed by atoms with E-state index in [1.165, 1.54) is 7.11 Å². The van der Waals surface area contributed by atoms with Crippen molar-refractivity contribution < 1.29 is 9.53 Å². The van der Waals surface area contributed by atoms with Gasteiger partial charge in [-0.2, -0.15) is 0 Å². The van der Waals surface area contributed by atoms with E-state index in [1.54, 1.807) is 0 Å². The van der Waals surface area contributed by atoms with Crippen LogP contribution in [0.3, 0.4) is 0 Å². The fourth-order valence-corrected chi connectivity index (χ4v) is 1.10. The minimum absolute atomic E-state index is 0.0920. The molecule has 0 aromatic heterocycles. The monoisotopic (exact) mass is 140 g/mol. The van der Waals surface area contributed by atoms with Gasteiger partial charge in [0.1, 0.15) is 0 Å². The molecule has 0 saturated heterocycles. The van der Waals surface area contributed by atoms with Gasteiger partial charge in [-0.1, -0.05) is 12.2 Å². The van der Waals surface area contributed by atoms with Crippen LogP contribution in [-0.4, -0.2) is 13.1 Å². The summed E-state index contributed by atoms with van der Waals surface area (Å²) in [6.45, 7) is 1.92. The molecule has 1 aliphatic carbocycles. The average Bonchev–Trinajstić information content (AvgIpc) is 2.69. The Bertz CT molecular complexity index is 166. The lowest BCUT2D eigenvalue weighted by molar-refractivity contribution is -0.145. The maximum atomic E-state index is 11.0. The standard InChI is InChI=1S/C8H12O2/c1-3-4-8(5-6-8)7(9)10-2/h3-4H,5-6H2,1-2H3. The van der Waals surface area contributed by atoms with Crippen molar-refractivity contribution in [1.82, 2.24) is 0 Å². The maximum Gasteiger partial charge on any atom is 0.315 e. The van der Waals surface area contributed by atoms with Crippen LogP contribution in [0.5, 0.6) is 0 Å². The van der Waals surface area contributed by atoms with Crippen LogP contribution in [0.1, 0.15) is 19.8 Å². The molecule has 1 aliphatic rings. The van der Waals surface area contributed by atoms with Gasteiger partial charge in [-0.3, -0.25) is 4.79 Å². The van der Waals surface area contributed by atoms with Crippen molar-refractivity contribution in [2.75, 3.05) is 7.11 Å². The minimum atomic E-state index is -0.233. The summed E-state index contributed by atoms with van der Waals surface area (Å²) < 4.78 is 4.64. The molecular formula is C8H12O2. The van der Waals surface area contributed by atoms with Gasteiger partial charge < -0.3 is 4.74 Å². The Hall–Kier alpha value is -0.790. The van der Waals surface area contributed by atoms with Crippen LogP contribution in [0.15, 0.2) is 12.2 Å². The molecule has 0 spiro atoms. The lowest BCUT2D eigenvalue weighted by atomic mass is 10.1. The number of ether oxygens (including phenoxy) is 1. The second-order valence-electron chi connectivity index (χ2n) is 2.65. The summed E-state index contributed by atoms with van der Waals surface area (Å²) in [6.07, 6.45) is 5.73. The molecule has 10 heavy (non-hydrogen) atoms. The quantitative estimate of drug-likeness (QED) is 0.429. The number of hydrogen-bond acceptors (Lipinski definition) is 2. The van der Waals surface area contributed by atoms with Crippen LogP contribution < -0.4 is 0 Å². The average molecular weight is 140 g/mol. The van der Waals surface area contributed by atoms with Crippen LogP contribution in [0.25, 0.3) is 0 Å². The van der Waals surface area contributed by atoms with E-state index in [2.05, 4.69) is 4.74 Å². The molecule has 1 rings (SSSR count). The molecule has 0 unspecified atom stereocenters. The molecule has 1 fully saturated rings. The van der Waals surface area contributed by atoms with E-state index in [1.807, 2.05) is 19.1 Å². The summed E-state index contributed by atoms with van der Waals surface area (Å²) in [6, 6.07) is 0. The van der Waals surface area contributed by atoms with Crippen molar-refractivity contribution in [3.8, 4) is 0 Å². The molecule has 0 amide bonds. The summed E-state index contributed by atoms with van der Waals surface area (Å²) in [5.74, 6) is -0.0920. The fraction of sp³-hybridized carbons (Fsp3) is 0.625. The normalized spacial score (nSPS) is 21.0. The number of carbonyl (C=O) groups excluding carboxylic acids is 1. The number of carbonyl (C=O) groups is 1. The highest BCUT2D eigenvalue weighted by atomic mass is 16.5. The molecule has 0 bridgehead atoms. The molecule has 0 aromatic carbocycles. The predicted octanol–water partition coefficient (Wildman–Crippen LogP) is 1.52. The zero-order valence-electron chi connectivity index (χ0n) is 6.39. The first kappa shape index (κ1) is 7.32. The topological polar surface area (TPSA) is 26.3 Å². The highest BCUT2D eigenvalue weighted by Gasteiger charge is 2.48. The third kappa shape index (κ3) is 1.06. The van der Waals surface area contributed by atoms with Crippen molar-refractivity contribution >= 4 is 5.97 Å². The molecule has 2 heteroatoms. The van der Waals surface area contributed by atoms with Gasteiger partial charge in [0, 0.05) is 0 Å². The Labute approximate surface area is 60.9 Å². The number of methoxy groups -OCH3 is 1. The first-order chi connectivity index (χ1) is 4.75. The Morgan fingerprint density at radius 3 is 2.50 bits per heavy atom. The molecule has 56 valence electrons. The van der Waals surface area contributed by atoms with Crippen LogP contribution in [0.2, 0.25) is 0 Å². The molecule has 0 radical (unpaired) electrons. The molecule has 0 aromatic rings. The highest BCUT2D eigenvalue weighted by molar-refractivity contribution is 5.82. The van der Waals surface area contributed by atoms with E-state index in [0.717, 1.165) is 12.8 Å². The first-order valence-corrected chi connectivity index (χ1v) is 3.47. The van der Waals surface area contributed by atoms with Gasteiger partial charge in [0.2, 0.25) is 0 Å². The fourth-order valence-electron chi connectivity index (χ4n) is 1.10. The second-order valence-corrected chi connectivity index (χ2v) is 2.65. The van der Waals surface area contributed by atoms with Crippen molar-refractivity contribution in [2.24, 2.45) is 5.41 Å². The number of rotatable bonds is 2. The zero-order valence-corrected chi connectivity index (χ0v) is 6.39. The third-order valence-corrected chi connectivity index (χ3v) is 1.87. The Kier molecular flexibility index (Phi) is 1.79. The van der Waals surface area contributed by atoms with Crippen molar-refractivity contribution in [3.05, 3.63) is 12.2 Å². The summed E-state index contributed by atoms with van der Waals surface area (Å²) >= 11 is 0. The lowest BCUT2D eigenvalue weighted by Crippen LogP contribution is -2.14. The van der Waals surface area contributed by atoms with E-state index >= 15 is 0 Å². The van der Waals surface area contributed by atoms with Crippen molar-refractivity contribution in [1.29, 1.82) is 0 Å². The van der Waals surface area contributed by atoms with E-state index in [4.69, 9.17) is 0 Å². The van der Waals surface area contributed by atoms with Gasteiger partial charge in [0.15, 0.2) is 0 Å². The molecule has 0 N–H and O–H groups in total. The van der Waals surface area contributed by atoms with E-state index < -0.39 is 0 Å². The largest absolute Gasteiger partial charge is 0.468 e. The van der Waals surface area contributed by atoms with E-state index in [0.29, 0.717) is 0 Å². The van der Waals surface area contributed by atoms with Gasteiger partial charge in [0.05, 0.1) is 12.5 Å². The van der Waals surface area contributed by atoms with E-state index in [9.17, 15) is 4.79 Å². The highest BCUT2D eigenvalue weighted by Crippen LogP contribution is 2.47. The Balaban J connectivity index is 2.60. The van der Waals surface area contributed by atoms with Gasteiger partial charge in [-0.05, 0) is 19.8 Å². The lowest BCUT2D eigenvalue weighted by Gasteiger charge is -2.04. The van der Waals surface area contributed by atoms with Gasteiger partial charge >= 0.3 is 5.97 Å². The van der Waals surface area contributed by atoms with E-state index in [-0.39, 0.29) is 11.4 Å². The maximum absolute atomic E-state index is 11.0. The number of allylic oxidation sites excluding steroid dienone is 1. The van der Waals surface area contributed by atoms with Crippen LogP contribution >= 0.6 is 0 Å². The predicted molar refractivity (Wildman–Crippen MR) is 38.5 cm³/mol. The van der Waals surface area contributed by atoms with Crippen molar-refractivity contribution in [3.63, 3.8) is 0 Å². The molecule has 1 saturated carbocycles. The van der Waals surface area contributed by atoms with Crippen LogP contribution in [0, 0.1) is 5.41 Å². The van der Waals surface area contributed by atoms with Gasteiger partial charge in [-0.15, -0.1) is 0 Å². The van der Waals surface area contributed by atoms with Gasteiger partial charge in [0.25, 0.3) is 0 Å². The zero-order chi connectivity index (χ0) is 7.61. The Morgan fingerprint density at radius 1 is 1.60 bits per heavy atom. The van der Waals surface area contributed by atoms with Gasteiger partial charge in [-0.25, -0.2) is 0 Å². The SMILES string of the molecule is CC=CC1(C(=O)OC)CC1. The molecule has 2 nitrogen and oxygen atoms in total. The third-order valence-electron chi connectivity index (χ3n) is 1.87. The minimum Gasteiger partial charge on any atom is -0.468 e. The van der Waals surface area contributed by atoms with Crippen molar-refractivity contribution in [2.45, 2.75) is 19.8 Å². The molecule has 0 atom stereocenters. The first-order valence-electron chi connectivity index (χ1n) is 3.47. The molecular weight excluding hydrogens is 128 g/mol. The smallest absolute Gasteiger partial charge is 0.315 e. The Morgan fingerprint density at radius 2 is 2.20 bits per heavy atom. The number of esters is 1. The number of hydrogen-bond donors (Lipinski definition) is 0. The molecule has 0 heterocycles. The molecule has 0 aliphatic heterocycles.